The summed E-state index contributed by atoms with van der Waals surface area (Å²) in [4.78, 5) is 10.6. The fraction of sp³-hybridized carbons (Fsp3) is 0.357. The maximum Gasteiger partial charge on any atom is 0.146 e. The van der Waals surface area contributed by atoms with Crippen LogP contribution in [0.3, 0.4) is 0 Å². The molecule has 2 rings (SSSR count). The first-order valence-electron chi connectivity index (χ1n) is 5.75. The Bertz CT molecular complexity index is 404. The van der Waals surface area contributed by atoms with Crippen molar-refractivity contribution in [3.8, 4) is 0 Å². The van der Waals surface area contributed by atoms with Crippen LogP contribution in [-0.4, -0.2) is 19.1 Å². The van der Waals surface area contributed by atoms with Crippen LogP contribution < -0.4 is 0 Å². The summed E-state index contributed by atoms with van der Waals surface area (Å²) in [6.45, 7) is 0.523. The molecule has 0 aromatic heterocycles. The SMILES string of the molecule is O=CC1=CC=CC(COC2=CCC(F)C=C2)C1. The van der Waals surface area contributed by atoms with Gasteiger partial charge in [-0.15, -0.1) is 0 Å². The molecule has 0 saturated carbocycles. The lowest BCUT2D eigenvalue weighted by Crippen LogP contribution is -2.11. The minimum Gasteiger partial charge on any atom is -0.493 e. The zero-order valence-corrected chi connectivity index (χ0v) is 9.51. The lowest BCUT2D eigenvalue weighted by molar-refractivity contribution is -0.105. The zero-order chi connectivity index (χ0) is 12.1. The number of carbonyl (C=O) groups excluding carboxylic acids is 1. The fourth-order valence-corrected chi connectivity index (χ4v) is 1.86. The number of alkyl halides is 1. The lowest BCUT2D eigenvalue weighted by atomic mass is 9.96. The second-order valence-electron chi connectivity index (χ2n) is 4.24. The average molecular weight is 234 g/mol. The summed E-state index contributed by atoms with van der Waals surface area (Å²) >= 11 is 0. The van der Waals surface area contributed by atoms with E-state index in [4.69, 9.17) is 4.74 Å². The number of ether oxygens (including phenoxy) is 1. The summed E-state index contributed by atoms with van der Waals surface area (Å²) in [5, 5.41) is 0. The second-order valence-corrected chi connectivity index (χ2v) is 4.24. The van der Waals surface area contributed by atoms with Gasteiger partial charge in [0.2, 0.25) is 0 Å². The Hall–Kier alpha value is -1.64. The van der Waals surface area contributed by atoms with Gasteiger partial charge in [0.25, 0.3) is 0 Å². The van der Waals surface area contributed by atoms with Crippen molar-refractivity contribution in [3.05, 3.63) is 47.8 Å². The van der Waals surface area contributed by atoms with E-state index in [0.717, 1.165) is 17.6 Å². The molecule has 0 bridgehead atoms. The number of hydrogen-bond donors (Lipinski definition) is 0. The highest BCUT2D eigenvalue weighted by Gasteiger charge is 2.13. The maximum atomic E-state index is 12.8. The first-order valence-corrected chi connectivity index (χ1v) is 5.75. The Morgan fingerprint density at radius 1 is 1.47 bits per heavy atom. The van der Waals surface area contributed by atoms with E-state index < -0.39 is 6.17 Å². The number of aldehydes is 1. The molecule has 0 N–H and O–H groups in total. The largest absolute Gasteiger partial charge is 0.493 e. The molecule has 0 aliphatic heterocycles. The smallest absolute Gasteiger partial charge is 0.146 e. The number of carbonyl (C=O) groups is 1. The number of rotatable bonds is 4. The first-order chi connectivity index (χ1) is 8.28. The minimum absolute atomic E-state index is 0.220. The highest BCUT2D eigenvalue weighted by Crippen LogP contribution is 2.20. The predicted octanol–water partition coefficient (Wildman–Crippen LogP) is 2.89. The van der Waals surface area contributed by atoms with Gasteiger partial charge in [-0.25, -0.2) is 4.39 Å². The Kier molecular flexibility index (Phi) is 3.91. The normalized spacial score (nSPS) is 27.4. The van der Waals surface area contributed by atoms with Crippen molar-refractivity contribution in [1.82, 2.24) is 0 Å². The van der Waals surface area contributed by atoms with Crippen LogP contribution in [0.5, 0.6) is 0 Å². The van der Waals surface area contributed by atoms with Crippen molar-refractivity contribution in [1.29, 1.82) is 0 Å². The monoisotopic (exact) mass is 234 g/mol. The third kappa shape index (κ3) is 3.41. The predicted molar refractivity (Wildman–Crippen MR) is 64.1 cm³/mol. The van der Waals surface area contributed by atoms with E-state index in [1.165, 1.54) is 6.08 Å². The van der Waals surface area contributed by atoms with Gasteiger partial charge in [0.1, 0.15) is 18.2 Å². The van der Waals surface area contributed by atoms with Gasteiger partial charge in [-0.3, -0.25) is 4.79 Å². The molecule has 0 fully saturated rings. The van der Waals surface area contributed by atoms with Crippen molar-refractivity contribution in [3.63, 3.8) is 0 Å². The van der Waals surface area contributed by atoms with Crippen LogP contribution in [0.25, 0.3) is 0 Å². The van der Waals surface area contributed by atoms with Gasteiger partial charge in [0.05, 0.1) is 6.61 Å². The highest BCUT2D eigenvalue weighted by molar-refractivity contribution is 5.74. The summed E-state index contributed by atoms with van der Waals surface area (Å²) < 4.78 is 18.4. The van der Waals surface area contributed by atoms with Gasteiger partial charge in [0.15, 0.2) is 0 Å². The fourth-order valence-electron chi connectivity index (χ4n) is 1.86. The topological polar surface area (TPSA) is 26.3 Å². The van der Waals surface area contributed by atoms with Gasteiger partial charge in [0, 0.05) is 12.3 Å². The summed E-state index contributed by atoms with van der Waals surface area (Å²) in [5.74, 6) is 0.937. The summed E-state index contributed by atoms with van der Waals surface area (Å²) in [7, 11) is 0. The Morgan fingerprint density at radius 3 is 3.06 bits per heavy atom. The van der Waals surface area contributed by atoms with Crippen LogP contribution in [0.4, 0.5) is 4.39 Å². The lowest BCUT2D eigenvalue weighted by Gasteiger charge is -2.18. The van der Waals surface area contributed by atoms with Crippen LogP contribution in [0.1, 0.15) is 12.8 Å². The Labute approximate surface area is 100 Å². The number of halogens is 1. The van der Waals surface area contributed by atoms with Crippen LogP contribution in [-0.2, 0) is 9.53 Å². The molecule has 2 unspecified atom stereocenters. The molecule has 17 heavy (non-hydrogen) atoms. The van der Waals surface area contributed by atoms with Crippen LogP contribution in [0.2, 0.25) is 0 Å². The molecule has 0 amide bonds. The van der Waals surface area contributed by atoms with E-state index in [1.807, 2.05) is 18.2 Å². The van der Waals surface area contributed by atoms with Gasteiger partial charge in [-0.2, -0.15) is 0 Å². The minimum atomic E-state index is -0.887. The van der Waals surface area contributed by atoms with Crippen molar-refractivity contribution in [2.75, 3.05) is 6.61 Å². The van der Waals surface area contributed by atoms with Crippen molar-refractivity contribution in [2.45, 2.75) is 19.0 Å². The highest BCUT2D eigenvalue weighted by atomic mass is 19.1. The zero-order valence-electron chi connectivity index (χ0n) is 9.51. The van der Waals surface area contributed by atoms with Gasteiger partial charge in [-0.05, 0) is 30.2 Å². The third-order valence-corrected chi connectivity index (χ3v) is 2.82. The second kappa shape index (κ2) is 5.62. The molecular weight excluding hydrogens is 219 g/mol. The van der Waals surface area contributed by atoms with Gasteiger partial charge < -0.3 is 4.74 Å². The van der Waals surface area contributed by atoms with E-state index >= 15 is 0 Å². The molecule has 2 atom stereocenters. The van der Waals surface area contributed by atoms with Crippen LogP contribution in [0.15, 0.2) is 47.8 Å². The summed E-state index contributed by atoms with van der Waals surface area (Å²) in [6.07, 6.45) is 11.7. The average Bonchev–Trinajstić information content (AvgIpc) is 2.38. The molecule has 0 aromatic rings. The van der Waals surface area contributed by atoms with E-state index in [2.05, 4.69) is 0 Å². The third-order valence-electron chi connectivity index (χ3n) is 2.82. The van der Waals surface area contributed by atoms with Crippen LogP contribution >= 0.6 is 0 Å². The molecular formula is C14H15FO2. The molecule has 2 nitrogen and oxygen atoms in total. The Morgan fingerprint density at radius 2 is 2.35 bits per heavy atom. The van der Waals surface area contributed by atoms with Gasteiger partial charge in [-0.1, -0.05) is 18.2 Å². The van der Waals surface area contributed by atoms with E-state index in [-0.39, 0.29) is 5.92 Å². The molecule has 0 heterocycles. The molecule has 90 valence electrons. The van der Waals surface area contributed by atoms with Crippen LogP contribution in [0, 0.1) is 5.92 Å². The molecule has 0 aromatic carbocycles. The maximum absolute atomic E-state index is 12.8. The quantitative estimate of drug-likeness (QED) is 0.699. The molecule has 2 aliphatic rings. The Balaban J connectivity index is 1.80. The number of allylic oxidation sites excluding steroid dienone is 6. The van der Waals surface area contributed by atoms with Crippen molar-refractivity contribution < 1.29 is 13.9 Å². The van der Waals surface area contributed by atoms with E-state index in [9.17, 15) is 9.18 Å². The van der Waals surface area contributed by atoms with Gasteiger partial charge >= 0.3 is 0 Å². The van der Waals surface area contributed by atoms with E-state index in [1.54, 1.807) is 12.2 Å². The molecule has 0 radical (unpaired) electrons. The summed E-state index contributed by atoms with van der Waals surface area (Å²) in [5.41, 5.74) is 0.790. The molecule has 3 heteroatoms. The number of hydrogen-bond acceptors (Lipinski definition) is 2. The first kappa shape index (κ1) is 11.8. The summed E-state index contributed by atoms with van der Waals surface area (Å²) in [6, 6.07) is 0. The standard InChI is InChI=1S/C14H15FO2/c15-13-4-6-14(7-5-13)17-10-12-3-1-2-11(8-12)9-16/h1-4,6-7,9,12-13H,5,8,10H2. The molecule has 2 aliphatic carbocycles. The molecule has 0 saturated heterocycles. The van der Waals surface area contributed by atoms with Crippen molar-refractivity contribution >= 4 is 6.29 Å². The van der Waals surface area contributed by atoms with Crippen molar-refractivity contribution in [2.24, 2.45) is 5.92 Å². The molecule has 0 spiro atoms. The van der Waals surface area contributed by atoms with E-state index in [0.29, 0.717) is 19.4 Å².